The van der Waals surface area contributed by atoms with E-state index >= 15 is 0 Å². The lowest BCUT2D eigenvalue weighted by atomic mass is 10.0. The van der Waals surface area contributed by atoms with E-state index in [1.807, 2.05) is 36.4 Å². The molecule has 3 aromatic carbocycles. The Kier molecular flexibility index (Phi) is 8.51. The van der Waals surface area contributed by atoms with Crippen LogP contribution >= 0.6 is 11.3 Å². The second-order valence-corrected chi connectivity index (χ2v) is 13.7. The van der Waals surface area contributed by atoms with Gasteiger partial charge in [0.2, 0.25) is 15.9 Å². The summed E-state index contributed by atoms with van der Waals surface area (Å²) >= 11 is 1.43. The molecule has 0 saturated heterocycles. The number of aliphatic imine (C=N–C) groups is 1. The number of amides is 1. The Labute approximate surface area is 260 Å². The van der Waals surface area contributed by atoms with Crippen molar-refractivity contribution in [2.45, 2.75) is 43.0 Å². The fourth-order valence-corrected chi connectivity index (χ4v) is 7.89. The van der Waals surface area contributed by atoms with Crippen LogP contribution in [-0.4, -0.2) is 31.4 Å². The minimum atomic E-state index is -4.03. The van der Waals surface area contributed by atoms with Crippen LogP contribution in [0.5, 0.6) is 0 Å². The van der Waals surface area contributed by atoms with Crippen LogP contribution in [0.4, 0.5) is 5.69 Å². The molecule has 11 heteroatoms. The van der Waals surface area contributed by atoms with Crippen LogP contribution in [-0.2, 0) is 21.2 Å². The average molecular weight is 625 g/mol. The predicted octanol–water partition coefficient (Wildman–Crippen LogP) is 5.87. The van der Waals surface area contributed by atoms with Gasteiger partial charge in [0.1, 0.15) is 10.8 Å². The van der Waals surface area contributed by atoms with Crippen LogP contribution in [0, 0.1) is 11.3 Å². The van der Waals surface area contributed by atoms with Gasteiger partial charge in [0, 0.05) is 35.5 Å². The lowest BCUT2D eigenvalue weighted by Crippen LogP contribution is -2.30. The van der Waals surface area contributed by atoms with Crippen molar-refractivity contribution in [3.05, 3.63) is 112 Å². The third-order valence-corrected chi connectivity index (χ3v) is 10.4. The van der Waals surface area contributed by atoms with Gasteiger partial charge >= 0.3 is 0 Å². The number of allylic oxidation sites excluding steroid dienone is 4. The van der Waals surface area contributed by atoms with Gasteiger partial charge < -0.3 is 11.1 Å². The van der Waals surface area contributed by atoms with E-state index in [0.29, 0.717) is 35.5 Å². The molecule has 1 amide bonds. The number of nitrogens with two attached hydrogens (primary N) is 1. The Morgan fingerprint density at radius 2 is 1.91 bits per heavy atom. The van der Waals surface area contributed by atoms with E-state index in [-0.39, 0.29) is 22.6 Å². The largest absolute Gasteiger partial charge is 0.384 e. The first-order valence-electron chi connectivity index (χ1n) is 14.4. The van der Waals surface area contributed by atoms with Gasteiger partial charge in [0.05, 0.1) is 21.2 Å². The lowest BCUT2D eigenvalue weighted by molar-refractivity contribution is -0.119. The van der Waals surface area contributed by atoms with Gasteiger partial charge in [-0.25, -0.2) is 18.1 Å². The average Bonchev–Trinajstić information content (AvgIpc) is 3.61. The summed E-state index contributed by atoms with van der Waals surface area (Å²) in [5, 5.41) is 11.4. The maximum atomic E-state index is 13.8. The van der Waals surface area contributed by atoms with Gasteiger partial charge in [-0.15, -0.1) is 11.3 Å². The first-order valence-corrected chi connectivity index (χ1v) is 16.7. The number of carbonyl (C=O) groups is 1. The molecule has 0 spiro atoms. The van der Waals surface area contributed by atoms with Crippen molar-refractivity contribution in [1.29, 1.82) is 5.41 Å². The normalized spacial score (nSPS) is 18.7. The number of hydrogen-bond acceptors (Lipinski definition) is 7. The number of aromatic nitrogens is 1. The molecule has 2 atom stereocenters. The molecule has 2 aliphatic rings. The quantitative estimate of drug-likeness (QED) is 0.136. The molecule has 0 bridgehead atoms. The topological polar surface area (TPSA) is 150 Å². The van der Waals surface area contributed by atoms with Gasteiger partial charge in [-0.1, -0.05) is 42.5 Å². The highest BCUT2D eigenvalue weighted by Crippen LogP contribution is 2.36. The molecule has 0 fully saturated rings. The van der Waals surface area contributed by atoms with Crippen molar-refractivity contribution in [1.82, 2.24) is 9.71 Å². The fourth-order valence-electron chi connectivity index (χ4n) is 5.55. The van der Waals surface area contributed by atoms with Crippen LogP contribution in [0.2, 0.25) is 0 Å². The standard InChI is InChI=1S/C33H32N6O3S2/c34-31(35)23-10-6-8-21(16-23)17-29(33-38-27-13-3-4-14-30(27)43-33)39-44(41,42)26-12-7-11-25(20-26)37-32(40)24-18-22-9-2-1-5-15-36-28(22)19-24/h1,3-8,10-16,20,24,29,39H,2,9,17-19H2,(H3,34,35)(H,37,40)/b5-1-,36-15-. The molecule has 5 N–H and O–H groups in total. The number of fused-ring (bicyclic) bond motifs is 1. The summed E-state index contributed by atoms with van der Waals surface area (Å²) in [6, 6.07) is 20.5. The molecule has 1 aromatic heterocycles. The second kappa shape index (κ2) is 12.7. The Morgan fingerprint density at radius 3 is 2.75 bits per heavy atom. The molecule has 1 aliphatic carbocycles. The molecule has 0 radical (unpaired) electrons. The smallest absolute Gasteiger partial charge is 0.241 e. The third kappa shape index (κ3) is 6.70. The molecule has 2 heterocycles. The first-order chi connectivity index (χ1) is 21.2. The number of thiazole rings is 1. The maximum Gasteiger partial charge on any atom is 0.241 e. The number of sulfonamides is 1. The van der Waals surface area contributed by atoms with E-state index in [4.69, 9.17) is 16.1 Å². The van der Waals surface area contributed by atoms with Gasteiger partial charge in [-0.3, -0.25) is 15.2 Å². The van der Waals surface area contributed by atoms with E-state index in [2.05, 4.69) is 21.1 Å². The van der Waals surface area contributed by atoms with Crippen molar-refractivity contribution >= 4 is 55.2 Å². The number of hydrogen-bond donors (Lipinski definition) is 4. The number of carbonyl (C=O) groups excluding carboxylic acids is 1. The number of nitrogens with zero attached hydrogens (tertiary/aromatic N) is 2. The summed E-state index contributed by atoms with van der Waals surface area (Å²) in [4.78, 5) is 22.5. The highest BCUT2D eigenvalue weighted by atomic mass is 32.2. The molecule has 2 unspecified atom stereocenters. The molecule has 4 aromatic rings. The predicted molar refractivity (Wildman–Crippen MR) is 176 cm³/mol. The van der Waals surface area contributed by atoms with Crippen LogP contribution < -0.4 is 15.8 Å². The first kappa shape index (κ1) is 29.6. The SMILES string of the molecule is N=C(N)c1cccc(CC(NS(=O)(=O)c2cccc(NC(=O)C3CC4=C(C3)/N=C\C=C/CC4)c2)c2nc3ccccc3s2)c1. The van der Waals surface area contributed by atoms with Gasteiger partial charge in [-0.05, 0) is 79.3 Å². The van der Waals surface area contributed by atoms with Crippen molar-refractivity contribution in [3.8, 4) is 0 Å². The van der Waals surface area contributed by atoms with Gasteiger partial charge in [0.15, 0.2) is 0 Å². The molecular weight excluding hydrogens is 593 g/mol. The summed E-state index contributed by atoms with van der Waals surface area (Å²) in [6.45, 7) is 0. The molecule has 0 saturated carbocycles. The molecular formula is C33H32N6O3S2. The Hall–Kier alpha value is -4.45. The zero-order valence-electron chi connectivity index (χ0n) is 23.9. The van der Waals surface area contributed by atoms with Crippen molar-refractivity contribution in [3.63, 3.8) is 0 Å². The van der Waals surface area contributed by atoms with Gasteiger partial charge in [0.25, 0.3) is 0 Å². The minimum absolute atomic E-state index is 0.0337. The van der Waals surface area contributed by atoms with E-state index < -0.39 is 16.1 Å². The Bertz CT molecular complexity index is 1910. The third-order valence-electron chi connectivity index (χ3n) is 7.77. The zero-order chi connectivity index (χ0) is 30.7. The highest BCUT2D eigenvalue weighted by Gasteiger charge is 2.30. The monoisotopic (exact) mass is 624 g/mol. The van der Waals surface area contributed by atoms with Crippen molar-refractivity contribution in [2.75, 3.05) is 5.32 Å². The summed E-state index contributed by atoms with van der Waals surface area (Å²) in [7, 11) is -4.03. The molecule has 9 nitrogen and oxygen atoms in total. The number of nitrogen functional groups attached to an aromatic ring is 1. The number of para-hydroxylation sites is 1. The van der Waals surface area contributed by atoms with E-state index in [0.717, 1.165) is 34.3 Å². The van der Waals surface area contributed by atoms with E-state index in [1.54, 1.807) is 36.5 Å². The lowest BCUT2D eigenvalue weighted by Gasteiger charge is -2.18. The summed E-state index contributed by atoms with van der Waals surface area (Å²) in [5.41, 5.74) is 10.5. The second-order valence-electron chi connectivity index (χ2n) is 10.9. The van der Waals surface area contributed by atoms with Gasteiger partial charge in [-0.2, -0.15) is 0 Å². The zero-order valence-corrected chi connectivity index (χ0v) is 25.5. The van der Waals surface area contributed by atoms with Crippen LogP contribution in [0.25, 0.3) is 10.2 Å². The summed E-state index contributed by atoms with van der Waals surface area (Å²) in [6.07, 6.45) is 9.12. The van der Waals surface area contributed by atoms with E-state index in [9.17, 15) is 13.2 Å². The molecule has 44 heavy (non-hydrogen) atoms. The number of nitrogens with one attached hydrogen (secondary N) is 3. The van der Waals surface area contributed by atoms with E-state index in [1.165, 1.54) is 29.0 Å². The van der Waals surface area contributed by atoms with Crippen molar-refractivity contribution < 1.29 is 13.2 Å². The molecule has 224 valence electrons. The number of benzene rings is 3. The molecule has 1 aliphatic heterocycles. The Balaban J connectivity index is 1.22. The van der Waals surface area contributed by atoms with Crippen LogP contribution in [0.15, 0.2) is 106 Å². The van der Waals surface area contributed by atoms with Crippen LogP contribution in [0.1, 0.15) is 47.9 Å². The van der Waals surface area contributed by atoms with Crippen molar-refractivity contribution in [2.24, 2.45) is 16.6 Å². The summed E-state index contributed by atoms with van der Waals surface area (Å²) < 4.78 is 31.4. The number of amidine groups is 1. The maximum absolute atomic E-state index is 13.8. The number of anilines is 1. The Morgan fingerprint density at radius 1 is 1.07 bits per heavy atom. The van der Waals surface area contributed by atoms with Crippen LogP contribution in [0.3, 0.4) is 0 Å². The molecule has 6 rings (SSSR count). The highest BCUT2D eigenvalue weighted by molar-refractivity contribution is 7.89. The minimum Gasteiger partial charge on any atom is -0.384 e. The fraction of sp³-hybridized carbons (Fsp3) is 0.212. The number of rotatable bonds is 9. The summed E-state index contributed by atoms with van der Waals surface area (Å²) in [5.74, 6) is -0.463.